The molecule has 0 bridgehead atoms. The zero-order chi connectivity index (χ0) is 42.7. The van der Waals surface area contributed by atoms with E-state index in [1.165, 1.54) is 7.05 Å². The van der Waals surface area contributed by atoms with Gasteiger partial charge in [0.25, 0.3) is 5.91 Å². The number of aromatic amines is 2. The molecule has 0 radical (unpaired) electrons. The second-order valence-corrected chi connectivity index (χ2v) is 16.7. The Morgan fingerprint density at radius 1 is 0.613 bits per heavy atom. The van der Waals surface area contributed by atoms with Gasteiger partial charge in [-0.2, -0.15) is 0 Å². The predicted molar refractivity (Wildman–Crippen MR) is 235 cm³/mol. The number of H-pyrrole nitrogens is 2. The van der Waals surface area contributed by atoms with Crippen molar-refractivity contribution >= 4 is 17.9 Å². The van der Waals surface area contributed by atoms with E-state index >= 15 is 0 Å². The standard InChI is InChI=1S/C49H52N8O5/c1-54(49(61)62)43(36-10-4-2-5-11-36)47(59)56-26-8-14-41(56)45-50-30-39(52-45)34-20-16-32(17-21-34)33-18-22-35(23-19-33)40-31-51-46(53-40)42-15-9-27-57(42)48(60)44(37-12-6-3-7-13-37)55-28-24-38(58)25-29-55/h2-7,10-13,16-23,30-31,38,41-44,58H,8-9,14-15,24-29H2,1H3,(H,50,52)(H,51,53)(H,61,62)/t41-,42-,43+,44?/m0/s1. The molecule has 3 aliphatic heterocycles. The molecule has 4 N–H and O–H groups in total. The predicted octanol–water partition coefficient (Wildman–Crippen LogP) is 8.01. The van der Waals surface area contributed by atoms with Crippen LogP contribution < -0.4 is 0 Å². The molecular formula is C49H52N8O5. The van der Waals surface area contributed by atoms with Crippen LogP contribution in [0.25, 0.3) is 33.6 Å². The average molecular weight is 833 g/mol. The highest BCUT2D eigenvalue weighted by Crippen LogP contribution is 2.38. The first-order valence-corrected chi connectivity index (χ1v) is 21.6. The summed E-state index contributed by atoms with van der Waals surface area (Å²) < 4.78 is 0. The second kappa shape index (κ2) is 17.8. The fraction of sp³-hybridized carbons (Fsp3) is 0.327. The van der Waals surface area contributed by atoms with E-state index in [1.807, 2.05) is 59.6 Å². The molecule has 4 atom stereocenters. The SMILES string of the molecule is CN(C(=O)O)[C@@H](C(=O)N1CCC[C@H]1c1ncc(-c2ccc(-c3ccc(-c4cnc([C@@H]5CCCN5C(=O)C(c5ccccc5)N5CCC(O)CC5)[nH]4)cc3)cc2)[nH]1)c1ccccc1. The zero-order valence-electron chi connectivity index (χ0n) is 34.8. The third kappa shape index (κ3) is 8.25. The Morgan fingerprint density at radius 3 is 1.55 bits per heavy atom. The van der Waals surface area contributed by atoms with Crippen LogP contribution in [0.1, 0.15) is 85.5 Å². The molecule has 3 aliphatic rings. The first kappa shape index (κ1) is 40.8. The van der Waals surface area contributed by atoms with Gasteiger partial charge in [0.05, 0.1) is 42.0 Å². The van der Waals surface area contributed by atoms with Crippen LogP contribution in [-0.2, 0) is 9.59 Å². The molecule has 0 saturated carbocycles. The maximum Gasteiger partial charge on any atom is 0.407 e. The lowest BCUT2D eigenvalue weighted by molar-refractivity contribution is -0.139. The van der Waals surface area contributed by atoms with Crippen molar-refractivity contribution in [3.63, 3.8) is 0 Å². The van der Waals surface area contributed by atoms with Crippen LogP contribution in [0.2, 0.25) is 0 Å². The molecule has 13 nitrogen and oxygen atoms in total. The van der Waals surface area contributed by atoms with Crippen LogP contribution in [0.3, 0.4) is 0 Å². The number of nitrogens with zero attached hydrogens (tertiary/aromatic N) is 6. The van der Waals surface area contributed by atoms with Crippen LogP contribution in [-0.4, -0.2) is 107 Å². The summed E-state index contributed by atoms with van der Waals surface area (Å²) in [6, 6.07) is 33.9. The van der Waals surface area contributed by atoms with Crippen molar-refractivity contribution in [2.45, 2.75) is 68.8 Å². The number of carbonyl (C=O) groups is 3. The largest absolute Gasteiger partial charge is 0.465 e. The number of carboxylic acid groups (broad SMARTS) is 1. The highest BCUT2D eigenvalue weighted by Gasteiger charge is 2.41. The van der Waals surface area contributed by atoms with Crippen LogP contribution in [0.4, 0.5) is 4.79 Å². The van der Waals surface area contributed by atoms with Crippen LogP contribution in [0, 0.1) is 0 Å². The van der Waals surface area contributed by atoms with Gasteiger partial charge >= 0.3 is 6.09 Å². The maximum atomic E-state index is 14.4. The summed E-state index contributed by atoms with van der Waals surface area (Å²) in [7, 11) is 1.43. The lowest BCUT2D eigenvalue weighted by Gasteiger charge is -2.38. The number of likely N-dealkylation sites (N-methyl/N-ethyl adjacent to an activating group) is 1. The van der Waals surface area contributed by atoms with Gasteiger partial charge < -0.3 is 30.0 Å². The quantitative estimate of drug-likeness (QED) is 0.102. The Balaban J connectivity index is 0.863. The highest BCUT2D eigenvalue weighted by molar-refractivity contribution is 5.87. The van der Waals surface area contributed by atoms with E-state index in [1.54, 1.807) is 23.2 Å². The van der Waals surface area contributed by atoms with Crippen molar-refractivity contribution in [3.05, 3.63) is 144 Å². The lowest BCUT2D eigenvalue weighted by Crippen LogP contribution is -2.46. The van der Waals surface area contributed by atoms with E-state index < -0.39 is 18.2 Å². The minimum absolute atomic E-state index is 0.0868. The molecular weight excluding hydrogens is 781 g/mol. The fourth-order valence-electron chi connectivity index (χ4n) is 9.50. The molecule has 9 rings (SSSR count). The lowest BCUT2D eigenvalue weighted by atomic mass is 9.99. The highest BCUT2D eigenvalue weighted by atomic mass is 16.4. The molecule has 5 heterocycles. The van der Waals surface area contributed by atoms with E-state index in [4.69, 9.17) is 9.97 Å². The van der Waals surface area contributed by atoms with Gasteiger partial charge in [0.15, 0.2) is 0 Å². The Morgan fingerprint density at radius 2 is 1.06 bits per heavy atom. The molecule has 4 aromatic carbocycles. The van der Waals surface area contributed by atoms with Gasteiger partial charge in [0.2, 0.25) is 5.91 Å². The fourth-order valence-corrected chi connectivity index (χ4v) is 9.50. The molecule has 3 saturated heterocycles. The minimum atomic E-state index is -1.17. The molecule has 1 unspecified atom stereocenters. The number of likely N-dealkylation sites (tertiary alicyclic amines) is 3. The molecule has 6 aromatic rings. The first-order chi connectivity index (χ1) is 30.2. The van der Waals surface area contributed by atoms with Crippen LogP contribution in [0.15, 0.2) is 122 Å². The number of rotatable bonds is 11. The Kier molecular flexibility index (Phi) is 11.7. The normalized spacial score (nSPS) is 19.4. The van der Waals surface area contributed by atoms with Gasteiger partial charge in [-0.3, -0.25) is 19.4 Å². The van der Waals surface area contributed by atoms with Gasteiger partial charge in [0, 0.05) is 33.2 Å². The van der Waals surface area contributed by atoms with Gasteiger partial charge in [-0.1, -0.05) is 109 Å². The molecule has 318 valence electrons. The minimum Gasteiger partial charge on any atom is -0.465 e. The third-order valence-corrected chi connectivity index (χ3v) is 12.9. The van der Waals surface area contributed by atoms with E-state index in [-0.39, 0.29) is 30.0 Å². The summed E-state index contributed by atoms with van der Waals surface area (Å²) in [4.78, 5) is 64.0. The van der Waals surface area contributed by atoms with E-state index in [9.17, 15) is 24.6 Å². The van der Waals surface area contributed by atoms with Crippen LogP contribution >= 0.6 is 0 Å². The Labute approximate surface area is 361 Å². The van der Waals surface area contributed by atoms with E-state index in [0.717, 1.165) is 75.6 Å². The molecule has 3 amide bonds. The average Bonchev–Trinajstić information content (AvgIpc) is 4.16. The second-order valence-electron chi connectivity index (χ2n) is 16.7. The number of hydrogen-bond donors (Lipinski definition) is 4. The topological polar surface area (TPSA) is 162 Å². The van der Waals surface area contributed by atoms with Gasteiger partial charge in [-0.15, -0.1) is 0 Å². The van der Waals surface area contributed by atoms with E-state index in [0.29, 0.717) is 50.4 Å². The smallest absolute Gasteiger partial charge is 0.407 e. The van der Waals surface area contributed by atoms with Gasteiger partial charge in [-0.25, -0.2) is 14.8 Å². The summed E-state index contributed by atoms with van der Waals surface area (Å²) in [6.07, 6.45) is 6.77. The number of carbonyl (C=O) groups excluding carboxylic acids is 2. The summed E-state index contributed by atoms with van der Waals surface area (Å²) in [5, 5.41) is 20.0. The molecule has 62 heavy (non-hydrogen) atoms. The van der Waals surface area contributed by atoms with E-state index in [2.05, 4.69) is 63.4 Å². The van der Waals surface area contributed by atoms with Crippen molar-refractivity contribution in [1.29, 1.82) is 0 Å². The Bertz CT molecular complexity index is 2480. The number of aliphatic hydroxyl groups excluding tert-OH is 1. The Hall–Kier alpha value is -6.57. The molecule has 3 fully saturated rings. The third-order valence-electron chi connectivity index (χ3n) is 12.9. The number of imidazole rings is 2. The number of amides is 3. The number of benzene rings is 4. The summed E-state index contributed by atoms with van der Waals surface area (Å²) >= 11 is 0. The van der Waals surface area contributed by atoms with Crippen molar-refractivity contribution in [3.8, 4) is 33.6 Å². The maximum absolute atomic E-state index is 14.4. The molecule has 2 aromatic heterocycles. The molecule has 0 spiro atoms. The first-order valence-electron chi connectivity index (χ1n) is 21.6. The number of piperidine rings is 1. The number of hydrogen-bond acceptors (Lipinski definition) is 7. The van der Waals surface area contributed by atoms with Gasteiger partial charge in [-0.05, 0) is 71.9 Å². The number of nitrogens with one attached hydrogen (secondary N) is 2. The zero-order valence-corrected chi connectivity index (χ0v) is 34.8. The van der Waals surface area contributed by atoms with Crippen LogP contribution in [0.5, 0.6) is 0 Å². The summed E-state index contributed by atoms with van der Waals surface area (Å²) in [5.41, 5.74) is 7.43. The molecule has 13 heteroatoms. The number of aromatic nitrogens is 4. The summed E-state index contributed by atoms with van der Waals surface area (Å²) in [6.45, 7) is 2.56. The van der Waals surface area contributed by atoms with Crippen molar-refractivity contribution in [2.75, 3.05) is 33.2 Å². The number of aliphatic hydroxyl groups is 1. The van der Waals surface area contributed by atoms with Crippen molar-refractivity contribution < 1.29 is 24.6 Å². The molecule has 0 aliphatic carbocycles. The van der Waals surface area contributed by atoms with Gasteiger partial charge in [0.1, 0.15) is 23.7 Å². The van der Waals surface area contributed by atoms with Crippen molar-refractivity contribution in [1.82, 2.24) is 39.5 Å². The summed E-state index contributed by atoms with van der Waals surface area (Å²) in [5.74, 6) is 1.30. The van der Waals surface area contributed by atoms with Crippen molar-refractivity contribution in [2.24, 2.45) is 0 Å². The monoisotopic (exact) mass is 832 g/mol.